The third-order valence-electron chi connectivity index (χ3n) is 8.16. The minimum atomic E-state index is -1.57. The second-order valence-corrected chi connectivity index (χ2v) is 12.5. The summed E-state index contributed by atoms with van der Waals surface area (Å²) in [5.41, 5.74) is 5.94. The summed E-state index contributed by atoms with van der Waals surface area (Å²) in [4.78, 5) is 97.2. The lowest BCUT2D eigenvalue weighted by atomic mass is 10.0. The number of non-ortho nitro benzene ring substituents is 1. The first-order valence-electron chi connectivity index (χ1n) is 16.9. The van der Waals surface area contributed by atoms with Crippen molar-refractivity contribution in [3.8, 4) is 0 Å². The molecule has 0 aliphatic carbocycles. The number of nitrogens with zero attached hydrogens (tertiary/aromatic N) is 2. The Kier molecular flexibility index (Phi) is 15.4. The van der Waals surface area contributed by atoms with Crippen LogP contribution in [0.25, 0.3) is 0 Å². The molecule has 2 aromatic carbocycles. The number of imide groups is 1. The van der Waals surface area contributed by atoms with Gasteiger partial charge in [-0.15, -0.1) is 0 Å². The minimum absolute atomic E-state index is 0.0842. The first-order chi connectivity index (χ1) is 25.2. The van der Waals surface area contributed by atoms with Gasteiger partial charge in [-0.3, -0.25) is 39.0 Å². The zero-order chi connectivity index (χ0) is 39.1. The molecule has 7 amide bonds. The van der Waals surface area contributed by atoms with Crippen LogP contribution in [0.15, 0.2) is 60.7 Å². The average molecular weight is 738 g/mol. The first kappa shape index (κ1) is 41.1. The Hall–Kier alpha value is -6.33. The van der Waals surface area contributed by atoms with Crippen LogP contribution < -0.4 is 27.0 Å². The second-order valence-electron chi connectivity index (χ2n) is 12.5. The first-order valence-corrected chi connectivity index (χ1v) is 16.9. The van der Waals surface area contributed by atoms with E-state index >= 15 is 0 Å². The van der Waals surface area contributed by atoms with Crippen molar-refractivity contribution >= 4 is 53.1 Å². The molecule has 7 N–H and O–H groups in total. The summed E-state index contributed by atoms with van der Waals surface area (Å²) in [7, 11) is 0. The highest BCUT2D eigenvalue weighted by molar-refractivity contribution is 6.12. The van der Waals surface area contributed by atoms with Crippen LogP contribution in [-0.2, 0) is 28.7 Å². The van der Waals surface area contributed by atoms with E-state index in [4.69, 9.17) is 10.5 Å². The monoisotopic (exact) mass is 737 g/mol. The fraction of sp³-hybridized carbons (Fsp3) is 0.400. The van der Waals surface area contributed by atoms with Crippen molar-refractivity contribution in [1.29, 1.82) is 0 Å². The van der Waals surface area contributed by atoms with Crippen LogP contribution in [0, 0.1) is 16.0 Å². The van der Waals surface area contributed by atoms with Gasteiger partial charge in [0.25, 0.3) is 17.5 Å². The van der Waals surface area contributed by atoms with Gasteiger partial charge < -0.3 is 36.8 Å². The molecule has 1 unspecified atom stereocenters. The number of unbranched alkanes of at least 4 members (excludes halogenated alkanes) is 2. The Balaban J connectivity index is 1.64. The zero-order valence-electron chi connectivity index (χ0n) is 29.2. The number of nitrogens with one attached hydrogen (secondary N) is 4. The zero-order valence-corrected chi connectivity index (χ0v) is 29.2. The number of ether oxygens (including phenoxy) is 1. The molecule has 0 radical (unpaired) electrons. The summed E-state index contributed by atoms with van der Waals surface area (Å²) in [6, 6.07) is 8.30. The number of primary amides is 1. The maximum atomic E-state index is 13.5. The van der Waals surface area contributed by atoms with Crippen LogP contribution in [0.2, 0.25) is 0 Å². The predicted molar refractivity (Wildman–Crippen MR) is 189 cm³/mol. The fourth-order valence-electron chi connectivity index (χ4n) is 5.38. The molecule has 3 atom stereocenters. The van der Waals surface area contributed by atoms with Gasteiger partial charge in [-0.05, 0) is 67.0 Å². The molecular formula is C35H43N7O11. The Bertz CT molecular complexity index is 1680. The smallest absolute Gasteiger partial charge is 0.450 e. The van der Waals surface area contributed by atoms with Crippen LogP contribution in [0.3, 0.4) is 0 Å². The third-order valence-corrected chi connectivity index (χ3v) is 8.16. The van der Waals surface area contributed by atoms with Crippen LogP contribution in [-0.4, -0.2) is 81.8 Å². The van der Waals surface area contributed by atoms with Crippen molar-refractivity contribution in [2.45, 2.75) is 70.6 Å². The molecule has 0 bridgehead atoms. The number of nitro benzene ring substituents is 1. The molecule has 3 rings (SSSR count). The highest BCUT2D eigenvalue weighted by atomic mass is 16.7. The number of carbonyl (C=O) groups is 7. The molecule has 0 aromatic heterocycles. The molecule has 284 valence electrons. The number of hydrogen-bond donors (Lipinski definition) is 6. The molecule has 2 aromatic rings. The van der Waals surface area contributed by atoms with Gasteiger partial charge in [0.2, 0.25) is 17.7 Å². The molecule has 0 saturated heterocycles. The molecule has 18 nitrogen and oxygen atoms in total. The summed E-state index contributed by atoms with van der Waals surface area (Å²) in [5, 5.41) is 30.9. The predicted octanol–water partition coefficient (Wildman–Crippen LogP) is 2.88. The van der Waals surface area contributed by atoms with Gasteiger partial charge in [0.05, 0.1) is 4.92 Å². The molecule has 1 aliphatic rings. The van der Waals surface area contributed by atoms with E-state index in [2.05, 4.69) is 21.3 Å². The fourth-order valence-corrected chi connectivity index (χ4v) is 5.38. The van der Waals surface area contributed by atoms with Crippen molar-refractivity contribution in [3.63, 3.8) is 0 Å². The summed E-state index contributed by atoms with van der Waals surface area (Å²) in [5.74, 6) is -2.71. The van der Waals surface area contributed by atoms with Crippen LogP contribution in [0.4, 0.5) is 21.0 Å². The normalized spacial score (nSPS) is 13.9. The number of anilines is 1. The molecule has 0 spiro atoms. The van der Waals surface area contributed by atoms with Crippen molar-refractivity contribution in [2.75, 3.05) is 18.4 Å². The SMILES string of the molecule is CC(C)[C@H](NC(=O)CCCCCN1C(=O)C=CC1=O)C(=O)N[C@@H](CCCNC(N)=O)C(=O)Nc1ccc(C(OC(=O)O)c2ccc([N+](=O)[O-])cc2)cc1. The molecular weight excluding hydrogens is 694 g/mol. The number of rotatable bonds is 20. The largest absolute Gasteiger partial charge is 0.506 e. The van der Waals surface area contributed by atoms with Gasteiger partial charge in [0, 0.05) is 49.5 Å². The highest BCUT2D eigenvalue weighted by Gasteiger charge is 2.29. The maximum absolute atomic E-state index is 13.5. The van der Waals surface area contributed by atoms with E-state index in [1.54, 1.807) is 13.8 Å². The van der Waals surface area contributed by atoms with Crippen LogP contribution >= 0.6 is 0 Å². The van der Waals surface area contributed by atoms with Crippen molar-refractivity contribution in [3.05, 3.63) is 81.9 Å². The number of carbonyl (C=O) groups excluding carboxylic acids is 6. The van der Waals surface area contributed by atoms with Crippen molar-refractivity contribution in [1.82, 2.24) is 20.9 Å². The topological polar surface area (TPSA) is 269 Å². The van der Waals surface area contributed by atoms with Crippen LogP contribution in [0.5, 0.6) is 0 Å². The van der Waals surface area contributed by atoms with Gasteiger partial charge in [0.15, 0.2) is 6.10 Å². The van der Waals surface area contributed by atoms with Crippen molar-refractivity contribution in [2.24, 2.45) is 11.7 Å². The van der Waals surface area contributed by atoms with E-state index < -0.39 is 47.1 Å². The van der Waals surface area contributed by atoms with Crippen molar-refractivity contribution < 1.29 is 48.3 Å². The quantitative estimate of drug-likeness (QED) is 0.0378. The molecule has 18 heteroatoms. The summed E-state index contributed by atoms with van der Waals surface area (Å²) >= 11 is 0. The number of amides is 7. The van der Waals surface area contributed by atoms with Gasteiger partial charge in [-0.25, -0.2) is 9.59 Å². The average Bonchev–Trinajstić information content (AvgIpc) is 3.43. The lowest BCUT2D eigenvalue weighted by Gasteiger charge is -2.25. The maximum Gasteiger partial charge on any atom is 0.506 e. The van der Waals surface area contributed by atoms with E-state index in [0.29, 0.717) is 30.4 Å². The van der Waals surface area contributed by atoms with Gasteiger partial charge in [0.1, 0.15) is 12.1 Å². The Morgan fingerprint density at radius 3 is 2.02 bits per heavy atom. The Morgan fingerprint density at radius 2 is 1.47 bits per heavy atom. The number of carboxylic acid groups (broad SMARTS) is 1. The van der Waals surface area contributed by atoms with Crippen LogP contribution in [0.1, 0.15) is 69.6 Å². The number of nitrogens with two attached hydrogens (primary N) is 1. The van der Waals surface area contributed by atoms with Gasteiger partial charge in [-0.1, -0.05) is 32.4 Å². The van der Waals surface area contributed by atoms with E-state index in [-0.39, 0.29) is 67.4 Å². The third kappa shape index (κ3) is 13.1. The molecule has 0 fully saturated rings. The second kappa shape index (κ2) is 19.9. The summed E-state index contributed by atoms with van der Waals surface area (Å²) < 4.78 is 5.04. The standard InChI is InChI=1S/C35H43N7O11/c1-21(2)30(40-27(43)8-4-3-5-20-41-28(44)17-18-29(41)45)33(47)39-26(7-6-19-37-34(36)48)32(46)38-24-13-9-22(10-14-24)31(53-35(49)50)23-11-15-25(16-12-23)42(51)52/h9-18,21,26,30-31H,3-8,19-20H2,1-2H3,(H,38,46)(H,39,47)(H,40,43)(H,49,50)(H3,36,37,48)/t26-,30-,31?/m0/s1. The molecule has 1 aliphatic heterocycles. The lowest BCUT2D eigenvalue weighted by molar-refractivity contribution is -0.384. The Labute approximate surface area is 304 Å². The number of benzene rings is 2. The van der Waals surface area contributed by atoms with E-state index in [0.717, 1.165) is 4.90 Å². The summed E-state index contributed by atoms with van der Waals surface area (Å²) in [6.45, 7) is 3.83. The lowest BCUT2D eigenvalue weighted by Crippen LogP contribution is -2.54. The Morgan fingerprint density at radius 1 is 0.868 bits per heavy atom. The van der Waals surface area contributed by atoms with Gasteiger partial charge >= 0.3 is 12.2 Å². The van der Waals surface area contributed by atoms with E-state index in [1.807, 2.05) is 0 Å². The highest BCUT2D eigenvalue weighted by Crippen LogP contribution is 2.29. The van der Waals surface area contributed by atoms with Gasteiger partial charge in [-0.2, -0.15) is 0 Å². The summed E-state index contributed by atoms with van der Waals surface area (Å²) in [6.07, 6.45) is 1.68. The van der Waals surface area contributed by atoms with E-state index in [1.165, 1.54) is 60.7 Å². The minimum Gasteiger partial charge on any atom is -0.450 e. The molecule has 53 heavy (non-hydrogen) atoms. The molecule has 0 saturated carbocycles. The van der Waals surface area contributed by atoms with E-state index in [9.17, 15) is 48.8 Å². The molecule has 1 heterocycles. The number of hydrogen-bond acceptors (Lipinski definition) is 10. The number of urea groups is 1. The number of nitro groups is 1.